The Labute approximate surface area is 128 Å². The molecular formula is C15H21NO4S. The number of carbonyl (C=O) groups is 2. The first-order valence-electron chi connectivity index (χ1n) is 7.26. The molecule has 6 heteroatoms. The summed E-state index contributed by atoms with van der Waals surface area (Å²) in [4.78, 5) is 26.5. The molecule has 2 heterocycles. The summed E-state index contributed by atoms with van der Waals surface area (Å²) in [5.74, 6) is -1.47. The minimum Gasteiger partial charge on any atom is -0.481 e. The molecule has 116 valence electrons. The predicted octanol–water partition coefficient (Wildman–Crippen LogP) is 2.02. The number of ether oxygens (including phenoxy) is 1. The molecule has 0 aromatic carbocycles. The summed E-state index contributed by atoms with van der Waals surface area (Å²) in [6.45, 7) is 2.92. The number of carboxylic acids is 1. The molecule has 0 saturated carbocycles. The summed E-state index contributed by atoms with van der Waals surface area (Å²) in [6, 6.07) is 3.74. The van der Waals surface area contributed by atoms with Gasteiger partial charge in [0.15, 0.2) is 0 Å². The highest BCUT2D eigenvalue weighted by atomic mass is 32.1. The first-order valence-corrected chi connectivity index (χ1v) is 8.13. The van der Waals surface area contributed by atoms with Crippen LogP contribution in [-0.4, -0.2) is 47.7 Å². The standard InChI is InChI=1S/C15H21NO4S/c1-2-16(13-10-20-9-12(13)15(18)19)14(17)7-3-5-11-6-4-8-21-11/h4,6,8,12-13H,2-3,5,7,9-10H2,1H3,(H,18,19). The van der Waals surface area contributed by atoms with Crippen molar-refractivity contribution in [2.75, 3.05) is 19.8 Å². The monoisotopic (exact) mass is 311 g/mol. The Morgan fingerprint density at radius 3 is 2.90 bits per heavy atom. The molecule has 2 rings (SSSR count). The van der Waals surface area contributed by atoms with E-state index in [-0.39, 0.29) is 18.6 Å². The average Bonchev–Trinajstić information content (AvgIpc) is 3.10. The number of hydrogen-bond acceptors (Lipinski definition) is 4. The number of rotatable bonds is 7. The molecule has 1 amide bonds. The normalized spacial score (nSPS) is 21.4. The number of aliphatic carboxylic acids is 1. The Hall–Kier alpha value is -1.40. The van der Waals surface area contributed by atoms with E-state index in [0.29, 0.717) is 19.6 Å². The topological polar surface area (TPSA) is 66.8 Å². The smallest absolute Gasteiger partial charge is 0.311 e. The van der Waals surface area contributed by atoms with E-state index in [1.54, 1.807) is 16.2 Å². The second-order valence-electron chi connectivity index (χ2n) is 5.16. The number of nitrogens with zero attached hydrogens (tertiary/aromatic N) is 1. The van der Waals surface area contributed by atoms with Crippen LogP contribution in [0.4, 0.5) is 0 Å². The summed E-state index contributed by atoms with van der Waals surface area (Å²) in [7, 11) is 0. The molecule has 1 aliphatic rings. The molecule has 2 unspecified atom stereocenters. The summed E-state index contributed by atoms with van der Waals surface area (Å²) < 4.78 is 5.25. The molecule has 2 atom stereocenters. The number of thiophene rings is 1. The Morgan fingerprint density at radius 2 is 2.29 bits per heavy atom. The van der Waals surface area contributed by atoms with Crippen molar-refractivity contribution in [2.45, 2.75) is 32.2 Å². The average molecular weight is 311 g/mol. The summed E-state index contributed by atoms with van der Waals surface area (Å²) >= 11 is 1.70. The van der Waals surface area contributed by atoms with Crippen molar-refractivity contribution in [1.29, 1.82) is 0 Å². The number of aryl methyl sites for hydroxylation is 1. The van der Waals surface area contributed by atoms with Crippen molar-refractivity contribution < 1.29 is 19.4 Å². The molecule has 1 aromatic rings. The molecule has 1 fully saturated rings. The van der Waals surface area contributed by atoms with Gasteiger partial charge >= 0.3 is 5.97 Å². The third-order valence-electron chi connectivity index (χ3n) is 3.82. The minimum atomic E-state index is -0.887. The van der Waals surface area contributed by atoms with Gasteiger partial charge < -0.3 is 14.7 Å². The molecule has 5 nitrogen and oxygen atoms in total. The van der Waals surface area contributed by atoms with Crippen LogP contribution in [0, 0.1) is 5.92 Å². The van der Waals surface area contributed by atoms with Crippen LogP contribution < -0.4 is 0 Å². The van der Waals surface area contributed by atoms with Crippen molar-refractivity contribution in [3.05, 3.63) is 22.4 Å². The van der Waals surface area contributed by atoms with E-state index >= 15 is 0 Å². The quantitative estimate of drug-likeness (QED) is 0.836. The van der Waals surface area contributed by atoms with Gasteiger partial charge in [0.1, 0.15) is 5.92 Å². The highest BCUT2D eigenvalue weighted by Gasteiger charge is 2.39. The van der Waals surface area contributed by atoms with Gasteiger partial charge in [0.05, 0.1) is 19.3 Å². The van der Waals surface area contributed by atoms with Crippen LogP contribution in [-0.2, 0) is 20.7 Å². The maximum atomic E-state index is 12.3. The second kappa shape index (κ2) is 7.56. The molecule has 0 aliphatic carbocycles. The van der Waals surface area contributed by atoms with Crippen LogP contribution in [0.15, 0.2) is 17.5 Å². The first-order chi connectivity index (χ1) is 10.1. The Morgan fingerprint density at radius 1 is 1.48 bits per heavy atom. The van der Waals surface area contributed by atoms with E-state index in [1.165, 1.54) is 4.88 Å². The van der Waals surface area contributed by atoms with Crippen molar-refractivity contribution >= 4 is 23.2 Å². The lowest BCUT2D eigenvalue weighted by molar-refractivity contribution is -0.145. The summed E-state index contributed by atoms with van der Waals surface area (Å²) in [5, 5.41) is 11.2. The highest BCUT2D eigenvalue weighted by molar-refractivity contribution is 7.09. The molecule has 1 N–H and O–H groups in total. The SMILES string of the molecule is CCN(C(=O)CCCc1cccs1)C1COCC1C(=O)O. The van der Waals surface area contributed by atoms with Crippen molar-refractivity contribution in [1.82, 2.24) is 4.90 Å². The van der Waals surface area contributed by atoms with E-state index in [4.69, 9.17) is 4.74 Å². The molecule has 1 aromatic heterocycles. The van der Waals surface area contributed by atoms with Crippen LogP contribution in [0.25, 0.3) is 0 Å². The third kappa shape index (κ3) is 4.04. The van der Waals surface area contributed by atoms with Crippen LogP contribution in [0.1, 0.15) is 24.6 Å². The zero-order valence-corrected chi connectivity index (χ0v) is 13.0. The number of carbonyl (C=O) groups excluding carboxylic acids is 1. The zero-order valence-electron chi connectivity index (χ0n) is 12.2. The van der Waals surface area contributed by atoms with Gasteiger partial charge in [0.25, 0.3) is 0 Å². The highest BCUT2D eigenvalue weighted by Crippen LogP contribution is 2.21. The lowest BCUT2D eigenvalue weighted by Crippen LogP contribution is -2.46. The van der Waals surface area contributed by atoms with Gasteiger partial charge in [-0.05, 0) is 31.2 Å². The molecule has 1 aliphatic heterocycles. The van der Waals surface area contributed by atoms with Gasteiger partial charge in [-0.25, -0.2) is 0 Å². The van der Waals surface area contributed by atoms with E-state index in [9.17, 15) is 14.7 Å². The second-order valence-corrected chi connectivity index (χ2v) is 6.19. The van der Waals surface area contributed by atoms with Crippen molar-refractivity contribution in [3.8, 4) is 0 Å². The van der Waals surface area contributed by atoms with Gasteiger partial charge in [-0.3, -0.25) is 9.59 Å². The largest absolute Gasteiger partial charge is 0.481 e. The molecule has 21 heavy (non-hydrogen) atoms. The fourth-order valence-electron chi connectivity index (χ4n) is 2.69. The minimum absolute atomic E-state index is 0.0239. The van der Waals surface area contributed by atoms with Gasteiger partial charge in [0.2, 0.25) is 5.91 Å². The molecule has 0 spiro atoms. The number of amides is 1. The van der Waals surface area contributed by atoms with Gasteiger partial charge in [0, 0.05) is 17.8 Å². The fourth-order valence-corrected chi connectivity index (χ4v) is 3.45. The van der Waals surface area contributed by atoms with Gasteiger partial charge in [-0.15, -0.1) is 11.3 Å². The Balaban J connectivity index is 1.87. The first kappa shape index (κ1) is 16.0. The molecule has 0 radical (unpaired) electrons. The van der Waals surface area contributed by atoms with E-state index in [0.717, 1.165) is 12.8 Å². The molecule has 0 bridgehead atoms. The van der Waals surface area contributed by atoms with Crippen LogP contribution in [0.3, 0.4) is 0 Å². The summed E-state index contributed by atoms with van der Waals surface area (Å²) in [6.07, 6.45) is 2.14. The van der Waals surface area contributed by atoms with Crippen LogP contribution in [0.5, 0.6) is 0 Å². The third-order valence-corrected chi connectivity index (χ3v) is 4.76. The molecular weight excluding hydrogens is 290 g/mol. The Bertz CT molecular complexity index is 474. The Kier molecular flexibility index (Phi) is 5.76. The lowest BCUT2D eigenvalue weighted by atomic mass is 10.0. The lowest BCUT2D eigenvalue weighted by Gasteiger charge is -2.29. The molecule has 1 saturated heterocycles. The van der Waals surface area contributed by atoms with E-state index in [1.807, 2.05) is 18.4 Å². The number of carboxylic acid groups (broad SMARTS) is 1. The fraction of sp³-hybridized carbons (Fsp3) is 0.600. The zero-order chi connectivity index (χ0) is 15.2. The van der Waals surface area contributed by atoms with Gasteiger partial charge in [-0.2, -0.15) is 0 Å². The van der Waals surface area contributed by atoms with Crippen molar-refractivity contribution in [2.24, 2.45) is 5.92 Å². The maximum Gasteiger partial charge on any atom is 0.311 e. The summed E-state index contributed by atoms with van der Waals surface area (Å²) in [5.41, 5.74) is 0. The predicted molar refractivity (Wildman–Crippen MR) is 80.4 cm³/mol. The van der Waals surface area contributed by atoms with Gasteiger partial charge in [-0.1, -0.05) is 6.07 Å². The van der Waals surface area contributed by atoms with E-state index < -0.39 is 11.9 Å². The number of likely N-dealkylation sites (N-methyl/N-ethyl adjacent to an activating group) is 1. The number of hydrogen-bond donors (Lipinski definition) is 1. The van der Waals surface area contributed by atoms with Crippen LogP contribution in [0.2, 0.25) is 0 Å². The maximum absolute atomic E-state index is 12.3. The van der Waals surface area contributed by atoms with Crippen molar-refractivity contribution in [3.63, 3.8) is 0 Å². The van der Waals surface area contributed by atoms with E-state index in [2.05, 4.69) is 6.07 Å². The van der Waals surface area contributed by atoms with Crippen LogP contribution >= 0.6 is 11.3 Å².